The van der Waals surface area contributed by atoms with Crippen LogP contribution in [0.15, 0.2) is 96.7 Å². The molecule has 2 aromatic heterocycles. The molecule has 0 spiro atoms. The van der Waals surface area contributed by atoms with Crippen LogP contribution in [-0.2, 0) is 38.8 Å². The summed E-state index contributed by atoms with van der Waals surface area (Å²) in [7, 11) is 0. The number of rotatable bonds is 8. The van der Waals surface area contributed by atoms with Crippen molar-refractivity contribution in [3.8, 4) is 0 Å². The molecular weight excluding hydrogens is 456 g/mol. The fraction of sp³-hybridized carbons (Fsp3) is 0.120. The van der Waals surface area contributed by atoms with E-state index in [9.17, 15) is 4.79 Å². The van der Waals surface area contributed by atoms with Crippen molar-refractivity contribution in [2.45, 2.75) is 19.8 Å². The normalized spacial score (nSPS) is 14.6. The maximum Gasteiger partial charge on any atom is 0.383 e. The Bertz CT molecular complexity index is 1380. The number of benzene rings is 2. The first kappa shape index (κ1) is 21.7. The van der Waals surface area contributed by atoms with Gasteiger partial charge in [-0.05, 0) is 17.2 Å². The van der Waals surface area contributed by atoms with Gasteiger partial charge in [0.2, 0.25) is 5.76 Å². The van der Waals surface area contributed by atoms with Gasteiger partial charge in [0.05, 0.1) is 6.33 Å². The Morgan fingerprint density at radius 3 is 2.21 bits per heavy atom. The van der Waals surface area contributed by atoms with Crippen molar-refractivity contribution in [1.82, 2.24) is 19.5 Å². The number of fused-ring (bicyclic) bond motifs is 1. The minimum absolute atomic E-state index is 0.0342. The largest absolute Gasteiger partial charge is 0.481 e. The van der Waals surface area contributed by atoms with Crippen molar-refractivity contribution < 1.29 is 19.0 Å². The highest BCUT2D eigenvalue weighted by atomic mass is 35.5. The molecule has 8 nitrogen and oxygen atoms in total. The van der Waals surface area contributed by atoms with E-state index in [1.165, 1.54) is 6.33 Å². The summed E-state index contributed by atoms with van der Waals surface area (Å²) in [6.07, 6.45) is 4.68. The molecule has 0 saturated carbocycles. The zero-order valence-corrected chi connectivity index (χ0v) is 18.7. The summed E-state index contributed by atoms with van der Waals surface area (Å²) in [6.45, 7) is 0.772. The molecule has 0 fully saturated rings. The van der Waals surface area contributed by atoms with Gasteiger partial charge in [0.25, 0.3) is 5.76 Å². The van der Waals surface area contributed by atoms with Crippen LogP contribution in [-0.4, -0.2) is 25.5 Å². The van der Waals surface area contributed by atoms with E-state index >= 15 is 0 Å². The van der Waals surface area contributed by atoms with Gasteiger partial charge < -0.3 is 18.8 Å². The standard InChI is InChI=1S/C25H19ClN4O4/c26-23-20-24(28-15-27-23)30(16-29-20)12-11-19-21(32-13-17-7-3-1-4-8-17)22(25(31)34-19)33-14-18-9-5-2-6-10-18/h1-11,15-16H,12-14H2/b19-11-. The van der Waals surface area contributed by atoms with Gasteiger partial charge in [-0.2, -0.15) is 0 Å². The van der Waals surface area contributed by atoms with Crippen LogP contribution < -0.4 is 0 Å². The molecule has 0 radical (unpaired) electrons. The van der Waals surface area contributed by atoms with Gasteiger partial charge in [-0.1, -0.05) is 72.3 Å². The highest BCUT2D eigenvalue weighted by Gasteiger charge is 2.34. The Morgan fingerprint density at radius 1 is 0.882 bits per heavy atom. The minimum atomic E-state index is -0.605. The van der Waals surface area contributed by atoms with E-state index < -0.39 is 5.97 Å². The lowest BCUT2D eigenvalue weighted by molar-refractivity contribution is -0.136. The van der Waals surface area contributed by atoms with Gasteiger partial charge in [-0.3, -0.25) is 0 Å². The molecule has 0 saturated heterocycles. The molecule has 0 N–H and O–H groups in total. The number of esters is 1. The third-order valence-electron chi connectivity index (χ3n) is 5.10. The topological polar surface area (TPSA) is 88.4 Å². The van der Waals surface area contributed by atoms with Crippen LogP contribution in [0.1, 0.15) is 11.1 Å². The third-order valence-corrected chi connectivity index (χ3v) is 5.38. The van der Waals surface area contributed by atoms with Gasteiger partial charge in [-0.15, -0.1) is 0 Å². The molecule has 1 aliphatic heterocycles. The molecule has 0 unspecified atom stereocenters. The SMILES string of the molecule is O=C1O/C(=C\Cn2cnc3c(Cl)ncnc32)C(OCc2ccccc2)=C1OCc1ccccc1. The van der Waals surface area contributed by atoms with Gasteiger partial charge in [0.15, 0.2) is 16.6 Å². The number of allylic oxidation sites excluding steroid dienone is 1. The summed E-state index contributed by atoms with van der Waals surface area (Å²) in [6, 6.07) is 19.2. The molecule has 0 amide bonds. The predicted molar refractivity (Wildman–Crippen MR) is 124 cm³/mol. The Morgan fingerprint density at radius 2 is 1.53 bits per heavy atom. The smallest absolute Gasteiger partial charge is 0.383 e. The van der Waals surface area contributed by atoms with Gasteiger partial charge >= 0.3 is 5.97 Å². The van der Waals surface area contributed by atoms with Crippen LogP contribution in [0.4, 0.5) is 0 Å². The monoisotopic (exact) mass is 474 g/mol. The maximum atomic E-state index is 12.7. The number of carbonyl (C=O) groups is 1. The molecule has 9 heteroatoms. The summed E-state index contributed by atoms with van der Waals surface area (Å²) < 4.78 is 19.1. The Labute approximate surface area is 200 Å². The fourth-order valence-electron chi connectivity index (χ4n) is 3.42. The first-order valence-electron chi connectivity index (χ1n) is 10.5. The number of halogens is 1. The summed E-state index contributed by atoms with van der Waals surface area (Å²) >= 11 is 6.09. The molecule has 1 aliphatic rings. The van der Waals surface area contributed by atoms with E-state index in [1.54, 1.807) is 17.0 Å². The molecule has 170 valence electrons. The number of ether oxygens (including phenoxy) is 3. The van der Waals surface area contributed by atoms with Gasteiger partial charge in [0, 0.05) is 6.54 Å². The summed E-state index contributed by atoms with van der Waals surface area (Å²) in [5.41, 5.74) is 2.93. The second-order valence-corrected chi connectivity index (χ2v) is 7.76. The molecule has 2 aromatic carbocycles. The van der Waals surface area contributed by atoms with Crippen LogP contribution >= 0.6 is 11.6 Å². The molecule has 5 rings (SSSR count). The number of carbonyl (C=O) groups excluding carboxylic acids is 1. The number of cyclic esters (lactones) is 1. The van der Waals surface area contributed by atoms with Crippen molar-refractivity contribution in [3.63, 3.8) is 0 Å². The maximum absolute atomic E-state index is 12.7. The number of hydrogen-bond donors (Lipinski definition) is 0. The highest BCUT2D eigenvalue weighted by Crippen LogP contribution is 2.30. The zero-order valence-electron chi connectivity index (χ0n) is 17.9. The van der Waals surface area contributed by atoms with E-state index in [4.69, 9.17) is 25.8 Å². The lowest BCUT2D eigenvalue weighted by atomic mass is 10.2. The number of hydrogen-bond acceptors (Lipinski definition) is 7. The first-order chi connectivity index (χ1) is 16.7. The Balaban J connectivity index is 1.42. The van der Waals surface area contributed by atoms with Crippen molar-refractivity contribution in [3.05, 3.63) is 113 Å². The second-order valence-electron chi connectivity index (χ2n) is 7.40. The number of imidazole rings is 1. The predicted octanol–water partition coefficient (Wildman–Crippen LogP) is 4.57. The third kappa shape index (κ3) is 4.62. The lowest BCUT2D eigenvalue weighted by Crippen LogP contribution is -2.04. The first-order valence-corrected chi connectivity index (χ1v) is 10.9. The zero-order chi connectivity index (χ0) is 23.3. The Hall–Kier alpha value is -4.17. The highest BCUT2D eigenvalue weighted by molar-refractivity contribution is 6.33. The van der Waals surface area contributed by atoms with Crippen LogP contribution in [0.25, 0.3) is 11.2 Å². The average Bonchev–Trinajstić information content (AvgIpc) is 3.42. The minimum Gasteiger partial charge on any atom is -0.481 e. The average molecular weight is 475 g/mol. The van der Waals surface area contributed by atoms with E-state index in [0.717, 1.165) is 11.1 Å². The van der Waals surface area contributed by atoms with E-state index in [-0.39, 0.29) is 35.6 Å². The van der Waals surface area contributed by atoms with Crippen LogP contribution in [0.2, 0.25) is 5.15 Å². The number of aromatic nitrogens is 4. The molecule has 0 atom stereocenters. The van der Waals surface area contributed by atoms with Crippen LogP contribution in [0.5, 0.6) is 0 Å². The Kier molecular flexibility index (Phi) is 6.22. The van der Waals surface area contributed by atoms with Gasteiger partial charge in [-0.25, -0.2) is 19.7 Å². The molecule has 0 bridgehead atoms. The quantitative estimate of drug-likeness (QED) is 0.273. The summed E-state index contributed by atoms with van der Waals surface area (Å²) in [4.78, 5) is 25.1. The van der Waals surface area contributed by atoms with Crippen LogP contribution in [0, 0.1) is 0 Å². The fourth-order valence-corrected chi connectivity index (χ4v) is 3.60. The molecule has 4 aromatic rings. The molecule has 34 heavy (non-hydrogen) atoms. The molecule has 3 heterocycles. The van der Waals surface area contributed by atoms with E-state index in [0.29, 0.717) is 17.7 Å². The lowest BCUT2D eigenvalue weighted by Gasteiger charge is -2.10. The van der Waals surface area contributed by atoms with E-state index in [1.807, 2.05) is 60.7 Å². The summed E-state index contributed by atoms with van der Waals surface area (Å²) in [5, 5.41) is 0.270. The van der Waals surface area contributed by atoms with Crippen molar-refractivity contribution in [2.24, 2.45) is 0 Å². The summed E-state index contributed by atoms with van der Waals surface area (Å²) in [5.74, 6) is -0.0501. The number of nitrogens with zero attached hydrogens (tertiary/aromatic N) is 4. The molecular formula is C25H19ClN4O4. The second kappa shape index (κ2) is 9.76. The van der Waals surface area contributed by atoms with Crippen LogP contribution in [0.3, 0.4) is 0 Å². The molecule has 0 aliphatic carbocycles. The van der Waals surface area contributed by atoms with Gasteiger partial charge in [0.1, 0.15) is 25.1 Å². The van der Waals surface area contributed by atoms with Crippen molar-refractivity contribution in [1.29, 1.82) is 0 Å². The van der Waals surface area contributed by atoms with E-state index in [2.05, 4.69) is 15.0 Å². The van der Waals surface area contributed by atoms with Crippen molar-refractivity contribution in [2.75, 3.05) is 0 Å². The van der Waals surface area contributed by atoms with Crippen molar-refractivity contribution >= 4 is 28.7 Å².